The summed E-state index contributed by atoms with van der Waals surface area (Å²) in [5.41, 5.74) is 0. The van der Waals surface area contributed by atoms with Gasteiger partial charge in [0.05, 0.1) is 0 Å². The van der Waals surface area contributed by atoms with Crippen molar-refractivity contribution in [3.63, 3.8) is 0 Å². The quantitative estimate of drug-likeness (QED) is 0.0563. The third-order valence-corrected chi connectivity index (χ3v) is 12.0. The molecule has 0 aromatic heterocycles. The van der Waals surface area contributed by atoms with Gasteiger partial charge in [-0.2, -0.15) is 0 Å². The van der Waals surface area contributed by atoms with Gasteiger partial charge in [-0.1, -0.05) is 122 Å². The van der Waals surface area contributed by atoms with E-state index < -0.39 is 17.9 Å². The summed E-state index contributed by atoms with van der Waals surface area (Å²) in [7, 11) is 0. The van der Waals surface area contributed by atoms with Crippen LogP contribution in [-0.2, 0) is 14.4 Å². The van der Waals surface area contributed by atoms with Crippen LogP contribution in [0.25, 0.3) is 0 Å². The maximum Gasteiger partial charge on any atom is 0.303 e. The summed E-state index contributed by atoms with van der Waals surface area (Å²) in [5.74, 6) is 3.50. The van der Waals surface area contributed by atoms with E-state index in [1.54, 1.807) is 0 Å². The maximum atomic E-state index is 11.0. The lowest BCUT2D eigenvalue weighted by atomic mass is 9.47. The van der Waals surface area contributed by atoms with Gasteiger partial charge in [-0.05, 0) is 106 Å². The SMILES string of the molecule is CC=CCC1C(CCCCCCCC(=O)O)C(CCCCCCCC(=O)O)C2C(CCCCCCCC(=O)O)C=CC(CC)C2C1CC. The van der Waals surface area contributed by atoms with Crippen LogP contribution in [0.3, 0.4) is 0 Å². The molecule has 0 radical (unpaired) electrons. The summed E-state index contributed by atoms with van der Waals surface area (Å²) in [6.45, 7) is 6.99. The van der Waals surface area contributed by atoms with Gasteiger partial charge in [0.15, 0.2) is 0 Å². The van der Waals surface area contributed by atoms with Crippen molar-refractivity contribution in [1.29, 1.82) is 0 Å². The molecule has 0 saturated heterocycles. The average Bonchev–Trinajstić information content (AvgIpc) is 3.05. The Morgan fingerprint density at radius 2 is 0.917 bits per heavy atom. The second-order valence-electron chi connectivity index (χ2n) is 15.2. The van der Waals surface area contributed by atoms with Gasteiger partial charge in [-0.15, -0.1) is 0 Å². The molecule has 8 unspecified atom stereocenters. The largest absolute Gasteiger partial charge is 0.481 e. The van der Waals surface area contributed by atoms with Gasteiger partial charge >= 0.3 is 17.9 Å². The number of rotatable bonds is 28. The molecule has 6 nitrogen and oxygen atoms in total. The van der Waals surface area contributed by atoms with Gasteiger partial charge in [-0.3, -0.25) is 14.4 Å². The fraction of sp³-hybridized carbons (Fsp3) is 0.833. The van der Waals surface area contributed by atoms with E-state index in [9.17, 15) is 14.4 Å². The summed E-state index contributed by atoms with van der Waals surface area (Å²) in [6, 6.07) is 0. The summed E-state index contributed by atoms with van der Waals surface area (Å²) in [4.78, 5) is 32.9. The average molecular weight is 673 g/mol. The zero-order valence-corrected chi connectivity index (χ0v) is 31.0. The highest BCUT2D eigenvalue weighted by Gasteiger charge is 2.52. The van der Waals surface area contributed by atoms with E-state index in [2.05, 4.69) is 45.1 Å². The molecule has 0 aliphatic heterocycles. The Morgan fingerprint density at radius 1 is 0.500 bits per heavy atom. The van der Waals surface area contributed by atoms with E-state index in [-0.39, 0.29) is 19.3 Å². The zero-order valence-electron chi connectivity index (χ0n) is 31.0. The molecule has 3 N–H and O–H groups in total. The van der Waals surface area contributed by atoms with E-state index in [1.165, 1.54) is 77.0 Å². The number of hydrogen-bond acceptors (Lipinski definition) is 3. The molecule has 1 saturated carbocycles. The van der Waals surface area contributed by atoms with Crippen LogP contribution in [0, 0.1) is 47.3 Å². The highest BCUT2D eigenvalue weighted by molar-refractivity contribution is 5.67. The Labute approximate surface area is 293 Å². The molecule has 8 atom stereocenters. The molecule has 2 rings (SSSR count). The number of unbranched alkanes of at least 4 members (excludes halogenated alkanes) is 12. The van der Waals surface area contributed by atoms with Crippen molar-refractivity contribution in [3.8, 4) is 0 Å². The van der Waals surface area contributed by atoms with Gasteiger partial charge in [0, 0.05) is 19.3 Å². The number of fused-ring (bicyclic) bond motifs is 1. The van der Waals surface area contributed by atoms with Gasteiger partial charge in [0.25, 0.3) is 0 Å². The van der Waals surface area contributed by atoms with Crippen LogP contribution in [0.5, 0.6) is 0 Å². The van der Waals surface area contributed by atoms with Gasteiger partial charge in [0.2, 0.25) is 0 Å². The minimum absolute atomic E-state index is 0.280. The topological polar surface area (TPSA) is 112 Å². The van der Waals surface area contributed by atoms with Crippen molar-refractivity contribution in [3.05, 3.63) is 24.3 Å². The standard InChI is InChI=1S/C42H72O6/c1-4-7-24-35-34(6-3)41-32(5-2)30-31-33(23-17-11-8-14-20-27-38(43)44)42(41)37(26-19-13-10-16-22-29-40(47)48)36(35)25-18-12-9-15-21-28-39(45)46/h4,7,30-37,41-42H,5-6,8-29H2,1-3H3,(H,43,44)(H,45,46)(H,47,48). The highest BCUT2D eigenvalue weighted by atomic mass is 16.4. The van der Waals surface area contributed by atoms with Crippen molar-refractivity contribution < 1.29 is 29.7 Å². The fourth-order valence-electron chi connectivity index (χ4n) is 9.83. The van der Waals surface area contributed by atoms with Crippen molar-refractivity contribution in [2.45, 2.75) is 175 Å². The molecular formula is C42H72O6. The first-order valence-corrected chi connectivity index (χ1v) is 20.2. The molecule has 276 valence electrons. The second kappa shape index (κ2) is 24.9. The molecule has 0 amide bonds. The van der Waals surface area contributed by atoms with Gasteiger partial charge in [-0.25, -0.2) is 0 Å². The molecule has 0 heterocycles. The van der Waals surface area contributed by atoms with Crippen molar-refractivity contribution in [1.82, 2.24) is 0 Å². The lowest BCUT2D eigenvalue weighted by Crippen LogP contribution is -2.52. The van der Waals surface area contributed by atoms with Crippen molar-refractivity contribution in [2.24, 2.45) is 47.3 Å². The van der Waals surface area contributed by atoms with Crippen LogP contribution < -0.4 is 0 Å². The van der Waals surface area contributed by atoms with Crippen LogP contribution in [0.15, 0.2) is 24.3 Å². The first kappa shape index (κ1) is 42.1. The smallest absolute Gasteiger partial charge is 0.303 e. The molecule has 0 spiro atoms. The Kier molecular flexibility index (Phi) is 21.8. The van der Waals surface area contributed by atoms with Crippen LogP contribution in [0.4, 0.5) is 0 Å². The number of carboxylic acid groups (broad SMARTS) is 3. The first-order valence-electron chi connectivity index (χ1n) is 20.2. The summed E-state index contributed by atoms with van der Waals surface area (Å²) in [6.07, 6.45) is 34.2. The monoisotopic (exact) mass is 673 g/mol. The molecule has 0 bridgehead atoms. The lowest BCUT2D eigenvalue weighted by molar-refractivity contribution is -0.138. The van der Waals surface area contributed by atoms with Gasteiger partial charge in [0.1, 0.15) is 0 Å². The van der Waals surface area contributed by atoms with E-state index in [4.69, 9.17) is 15.3 Å². The molecule has 0 aromatic rings. The first-order chi connectivity index (χ1) is 23.2. The second-order valence-corrected chi connectivity index (χ2v) is 15.2. The Bertz CT molecular complexity index is 956. The third kappa shape index (κ3) is 15.2. The molecule has 2 aliphatic carbocycles. The number of carboxylic acids is 3. The normalized spacial score (nSPS) is 26.9. The van der Waals surface area contributed by atoms with E-state index in [0.29, 0.717) is 35.5 Å². The predicted molar refractivity (Wildman–Crippen MR) is 197 cm³/mol. The Hall–Kier alpha value is -2.11. The predicted octanol–water partition coefficient (Wildman–Crippen LogP) is 11.7. The zero-order chi connectivity index (χ0) is 35.1. The summed E-state index contributed by atoms with van der Waals surface area (Å²) >= 11 is 0. The molecule has 2 aliphatic rings. The number of aliphatic carboxylic acids is 3. The van der Waals surface area contributed by atoms with Crippen LogP contribution in [-0.4, -0.2) is 33.2 Å². The Morgan fingerprint density at radius 3 is 1.38 bits per heavy atom. The van der Waals surface area contributed by atoms with E-state index >= 15 is 0 Å². The summed E-state index contributed by atoms with van der Waals surface area (Å²) in [5, 5.41) is 27.1. The molecule has 1 fully saturated rings. The third-order valence-electron chi connectivity index (χ3n) is 12.0. The van der Waals surface area contributed by atoms with Crippen molar-refractivity contribution in [2.75, 3.05) is 0 Å². The van der Waals surface area contributed by atoms with E-state index in [0.717, 1.165) is 69.6 Å². The molecule has 0 aromatic carbocycles. The number of carbonyl (C=O) groups is 3. The minimum atomic E-state index is -0.687. The molecule has 48 heavy (non-hydrogen) atoms. The highest BCUT2D eigenvalue weighted by Crippen LogP contribution is 2.59. The van der Waals surface area contributed by atoms with Crippen LogP contribution in [0.2, 0.25) is 0 Å². The minimum Gasteiger partial charge on any atom is -0.481 e. The van der Waals surface area contributed by atoms with E-state index in [1.807, 2.05) is 0 Å². The maximum absolute atomic E-state index is 11.0. The van der Waals surface area contributed by atoms with Crippen molar-refractivity contribution >= 4 is 17.9 Å². The lowest BCUT2D eigenvalue weighted by Gasteiger charge is -2.58. The Balaban J connectivity index is 2.27. The number of hydrogen-bond donors (Lipinski definition) is 3. The van der Waals surface area contributed by atoms with Gasteiger partial charge < -0.3 is 15.3 Å². The number of allylic oxidation sites excluding steroid dienone is 4. The summed E-state index contributed by atoms with van der Waals surface area (Å²) < 4.78 is 0. The van der Waals surface area contributed by atoms with Crippen LogP contribution in [0.1, 0.15) is 175 Å². The fourth-order valence-corrected chi connectivity index (χ4v) is 9.83. The molecule has 6 heteroatoms. The van der Waals surface area contributed by atoms with Crippen LogP contribution >= 0.6 is 0 Å². The molecular weight excluding hydrogens is 600 g/mol.